The Bertz CT molecular complexity index is 128. The smallest absolute Gasteiger partial charge is 0.141 e. The zero-order chi connectivity index (χ0) is 7.28. The molecule has 0 nitrogen and oxygen atoms in total. The van der Waals surface area contributed by atoms with Gasteiger partial charge >= 0.3 is 0 Å². The molecule has 0 aromatic rings. The minimum Gasteiger partial charge on any atom is -0.203 e. The summed E-state index contributed by atoms with van der Waals surface area (Å²) in [7, 11) is 0. The second-order valence-electron chi connectivity index (χ2n) is 2.31. The minimum absolute atomic E-state index is 0.163. The first-order chi connectivity index (χ1) is 4.16. The third kappa shape index (κ3) is 5.32. The van der Waals surface area contributed by atoms with Crippen molar-refractivity contribution in [2.75, 3.05) is 0 Å². The van der Waals surface area contributed by atoms with Crippen LogP contribution >= 0.6 is 0 Å². The summed E-state index contributed by atoms with van der Waals surface area (Å²) >= 11 is 0. The predicted molar refractivity (Wildman–Crippen MR) is 37.8 cm³/mol. The Morgan fingerprint density at radius 1 is 1.67 bits per heavy atom. The lowest BCUT2D eigenvalue weighted by Gasteiger charge is -1.87. The third-order valence-corrected chi connectivity index (χ3v) is 0.884. The molecule has 0 amide bonds. The van der Waals surface area contributed by atoms with E-state index in [9.17, 15) is 4.39 Å². The van der Waals surface area contributed by atoms with Gasteiger partial charge in [-0.3, -0.25) is 0 Å². The number of rotatable bonds is 2. The van der Waals surface area contributed by atoms with Crippen molar-refractivity contribution in [3.63, 3.8) is 0 Å². The molecule has 0 N–H and O–H groups in total. The molecule has 0 aliphatic carbocycles. The van der Waals surface area contributed by atoms with Crippen LogP contribution in [0, 0.1) is 5.92 Å². The second-order valence-corrected chi connectivity index (χ2v) is 2.31. The molecule has 1 heteroatoms. The number of halogens is 1. The molecule has 0 aliphatic heterocycles. The van der Waals surface area contributed by atoms with Crippen molar-refractivity contribution in [1.82, 2.24) is 0 Å². The van der Waals surface area contributed by atoms with Gasteiger partial charge in [0, 0.05) is 6.42 Å². The van der Waals surface area contributed by atoms with E-state index < -0.39 is 0 Å². The fourth-order valence-corrected chi connectivity index (χ4v) is 0.359. The van der Waals surface area contributed by atoms with E-state index in [2.05, 4.69) is 5.73 Å². The SMILES string of the molecule is CCC(F)=C=CC(C)C. The van der Waals surface area contributed by atoms with Crippen molar-refractivity contribution in [2.24, 2.45) is 5.92 Å². The van der Waals surface area contributed by atoms with Crippen LogP contribution in [-0.2, 0) is 0 Å². The van der Waals surface area contributed by atoms with Crippen LogP contribution in [0.5, 0.6) is 0 Å². The molecule has 0 radical (unpaired) electrons. The first-order valence-corrected chi connectivity index (χ1v) is 3.28. The molecule has 0 heterocycles. The Morgan fingerprint density at radius 3 is 2.56 bits per heavy atom. The van der Waals surface area contributed by atoms with E-state index in [1.54, 1.807) is 13.0 Å². The van der Waals surface area contributed by atoms with Crippen molar-refractivity contribution in [2.45, 2.75) is 27.2 Å². The number of allylic oxidation sites excluding steroid dienone is 1. The summed E-state index contributed by atoms with van der Waals surface area (Å²) in [6, 6.07) is 0. The maximum Gasteiger partial charge on any atom is 0.141 e. The fourth-order valence-electron chi connectivity index (χ4n) is 0.359. The van der Waals surface area contributed by atoms with Gasteiger partial charge in [0.2, 0.25) is 0 Å². The third-order valence-electron chi connectivity index (χ3n) is 0.884. The summed E-state index contributed by atoms with van der Waals surface area (Å²) in [4.78, 5) is 0. The van der Waals surface area contributed by atoms with Gasteiger partial charge < -0.3 is 0 Å². The Hall–Kier alpha value is -0.550. The summed E-state index contributed by atoms with van der Waals surface area (Å²) in [6.07, 6.45) is 2.18. The van der Waals surface area contributed by atoms with E-state index in [1.165, 1.54) is 0 Å². The van der Waals surface area contributed by atoms with Crippen molar-refractivity contribution < 1.29 is 4.39 Å². The summed E-state index contributed by atoms with van der Waals surface area (Å²) in [6.45, 7) is 5.77. The molecule has 0 aromatic heterocycles. The van der Waals surface area contributed by atoms with E-state index in [0.717, 1.165) is 0 Å². The highest BCUT2D eigenvalue weighted by atomic mass is 19.1. The van der Waals surface area contributed by atoms with Crippen LogP contribution in [0.4, 0.5) is 4.39 Å². The van der Waals surface area contributed by atoms with Gasteiger partial charge in [-0.05, 0) is 12.0 Å². The van der Waals surface area contributed by atoms with Gasteiger partial charge in [-0.1, -0.05) is 26.5 Å². The van der Waals surface area contributed by atoms with E-state index in [-0.39, 0.29) is 5.83 Å². The molecule has 0 spiro atoms. The monoisotopic (exact) mass is 128 g/mol. The van der Waals surface area contributed by atoms with Gasteiger partial charge in [0.05, 0.1) is 0 Å². The van der Waals surface area contributed by atoms with Crippen molar-refractivity contribution in [3.8, 4) is 0 Å². The van der Waals surface area contributed by atoms with E-state index in [4.69, 9.17) is 0 Å². The average molecular weight is 128 g/mol. The summed E-state index contributed by atoms with van der Waals surface area (Å²) < 4.78 is 12.3. The Morgan fingerprint density at radius 2 is 2.22 bits per heavy atom. The molecule has 0 rings (SSSR count). The van der Waals surface area contributed by atoms with Crippen molar-refractivity contribution in [1.29, 1.82) is 0 Å². The average Bonchev–Trinajstić information content (AvgIpc) is 1.83. The van der Waals surface area contributed by atoms with Crippen LogP contribution in [0.25, 0.3) is 0 Å². The topological polar surface area (TPSA) is 0 Å². The van der Waals surface area contributed by atoms with Crippen LogP contribution in [0.15, 0.2) is 17.6 Å². The lowest BCUT2D eigenvalue weighted by atomic mass is 10.2. The van der Waals surface area contributed by atoms with E-state index in [0.29, 0.717) is 12.3 Å². The molecular formula is C8H13F. The Balaban J connectivity index is 3.91. The zero-order valence-corrected chi connectivity index (χ0v) is 6.24. The lowest BCUT2D eigenvalue weighted by molar-refractivity contribution is 0.605. The molecule has 0 bridgehead atoms. The number of hydrogen-bond donors (Lipinski definition) is 0. The maximum atomic E-state index is 12.3. The second kappa shape index (κ2) is 4.34. The molecule has 0 aliphatic rings. The van der Waals surface area contributed by atoms with Gasteiger partial charge in [0.25, 0.3) is 0 Å². The molecule has 9 heavy (non-hydrogen) atoms. The normalized spacial score (nSPS) is 9.00. The highest BCUT2D eigenvalue weighted by molar-refractivity contribution is 4.92. The van der Waals surface area contributed by atoms with Crippen LogP contribution < -0.4 is 0 Å². The molecule has 0 fully saturated rings. The van der Waals surface area contributed by atoms with Crippen molar-refractivity contribution >= 4 is 0 Å². The molecule has 0 atom stereocenters. The van der Waals surface area contributed by atoms with Gasteiger partial charge in [-0.15, -0.1) is 0 Å². The van der Waals surface area contributed by atoms with Crippen LogP contribution in [0.2, 0.25) is 0 Å². The molecule has 0 saturated heterocycles. The maximum absolute atomic E-state index is 12.3. The highest BCUT2D eigenvalue weighted by Crippen LogP contribution is 2.00. The molecule has 52 valence electrons. The van der Waals surface area contributed by atoms with E-state index >= 15 is 0 Å². The molecular weight excluding hydrogens is 115 g/mol. The Labute approximate surface area is 56.1 Å². The lowest BCUT2D eigenvalue weighted by Crippen LogP contribution is -1.74. The standard InChI is InChI=1S/C8H13F/c1-4-8(9)6-5-7(2)3/h5,7H,4H2,1-3H3. The van der Waals surface area contributed by atoms with Crippen molar-refractivity contribution in [3.05, 3.63) is 17.6 Å². The summed E-state index contributed by atoms with van der Waals surface area (Å²) in [5, 5.41) is 0. The minimum atomic E-state index is -0.163. The quantitative estimate of drug-likeness (QED) is 0.501. The largest absolute Gasteiger partial charge is 0.203 e. The first-order valence-electron chi connectivity index (χ1n) is 3.28. The van der Waals surface area contributed by atoms with Gasteiger partial charge in [0.15, 0.2) is 0 Å². The fraction of sp³-hybridized carbons (Fsp3) is 0.625. The predicted octanol–water partition coefficient (Wildman–Crippen LogP) is 3.06. The summed E-state index contributed by atoms with van der Waals surface area (Å²) in [5.41, 5.74) is 2.56. The number of hydrogen-bond acceptors (Lipinski definition) is 0. The Kier molecular flexibility index (Phi) is 4.08. The van der Waals surface area contributed by atoms with Crippen LogP contribution in [-0.4, -0.2) is 0 Å². The molecule has 0 aromatic carbocycles. The zero-order valence-electron chi connectivity index (χ0n) is 6.24. The summed E-state index contributed by atoms with van der Waals surface area (Å²) in [5.74, 6) is 0.228. The molecule has 0 saturated carbocycles. The van der Waals surface area contributed by atoms with Crippen LogP contribution in [0.3, 0.4) is 0 Å². The van der Waals surface area contributed by atoms with Crippen LogP contribution in [0.1, 0.15) is 27.2 Å². The van der Waals surface area contributed by atoms with E-state index in [1.807, 2.05) is 13.8 Å². The molecule has 0 unspecified atom stereocenters. The first kappa shape index (κ1) is 8.45. The highest BCUT2D eigenvalue weighted by Gasteiger charge is 1.84. The van der Waals surface area contributed by atoms with Gasteiger partial charge in [-0.2, -0.15) is 0 Å². The van der Waals surface area contributed by atoms with Gasteiger partial charge in [0.1, 0.15) is 5.83 Å². The van der Waals surface area contributed by atoms with Gasteiger partial charge in [-0.25, -0.2) is 4.39 Å².